The molecular formula is C10H15N. The summed E-state index contributed by atoms with van der Waals surface area (Å²) in [5, 5.41) is 3.76. The van der Waals surface area contributed by atoms with Crippen LogP contribution in [-0.2, 0) is 0 Å². The summed E-state index contributed by atoms with van der Waals surface area (Å²) in [6, 6.07) is 0.976. The molecular weight excluding hydrogens is 134 g/mol. The van der Waals surface area contributed by atoms with E-state index < -0.39 is 0 Å². The predicted octanol–water partition coefficient (Wildman–Crippen LogP) is 1.25. The fraction of sp³-hybridized carbons (Fsp3) is 1.00. The molecule has 6 atom stereocenters. The fourth-order valence-electron chi connectivity index (χ4n) is 3.86. The molecule has 0 bridgehead atoms. The van der Waals surface area contributed by atoms with Gasteiger partial charge >= 0.3 is 0 Å². The van der Waals surface area contributed by atoms with Crippen LogP contribution in [0.15, 0.2) is 0 Å². The van der Waals surface area contributed by atoms with Crippen molar-refractivity contribution in [1.82, 2.24) is 5.32 Å². The summed E-state index contributed by atoms with van der Waals surface area (Å²) >= 11 is 0. The highest BCUT2D eigenvalue weighted by atomic mass is 15.0. The lowest BCUT2D eigenvalue weighted by molar-refractivity contribution is 0.267. The molecule has 3 aliphatic carbocycles. The standard InChI is InChI=1S/C10H15N/c1-5-2-9-7-3-6(7)4-11-10(9)8(1)5/h5-11H,1-4H2. The van der Waals surface area contributed by atoms with Crippen molar-refractivity contribution in [3.63, 3.8) is 0 Å². The Kier molecular flexibility index (Phi) is 0.769. The maximum atomic E-state index is 3.76. The largest absolute Gasteiger partial charge is 0.313 e. The molecule has 1 heterocycles. The summed E-state index contributed by atoms with van der Waals surface area (Å²) in [6.07, 6.45) is 4.71. The van der Waals surface area contributed by atoms with E-state index in [0.29, 0.717) is 0 Å². The molecule has 4 aliphatic rings. The molecule has 1 nitrogen and oxygen atoms in total. The topological polar surface area (TPSA) is 12.0 Å². The van der Waals surface area contributed by atoms with E-state index in [4.69, 9.17) is 0 Å². The summed E-state index contributed by atoms with van der Waals surface area (Å²) in [5.74, 6) is 5.69. The van der Waals surface area contributed by atoms with Gasteiger partial charge in [0.25, 0.3) is 0 Å². The van der Waals surface area contributed by atoms with Crippen LogP contribution in [0, 0.1) is 29.6 Å². The van der Waals surface area contributed by atoms with Crippen LogP contribution in [0.5, 0.6) is 0 Å². The molecule has 1 N–H and O–H groups in total. The Labute approximate surface area is 67.6 Å². The minimum Gasteiger partial charge on any atom is -0.313 e. The molecule has 3 saturated carbocycles. The van der Waals surface area contributed by atoms with Gasteiger partial charge in [0.2, 0.25) is 0 Å². The molecule has 0 radical (unpaired) electrons. The number of nitrogens with one attached hydrogen (secondary N) is 1. The Morgan fingerprint density at radius 1 is 0.818 bits per heavy atom. The second-order valence-corrected chi connectivity index (χ2v) is 5.15. The van der Waals surface area contributed by atoms with E-state index in [9.17, 15) is 0 Å². The minimum atomic E-state index is 0.976. The predicted molar refractivity (Wildman–Crippen MR) is 43.1 cm³/mol. The molecule has 1 heteroatoms. The number of piperidine rings is 1. The smallest absolute Gasteiger partial charge is 0.0129 e. The maximum Gasteiger partial charge on any atom is 0.0129 e. The Balaban J connectivity index is 1.68. The summed E-state index contributed by atoms with van der Waals surface area (Å²) in [6.45, 7) is 1.36. The molecule has 0 aromatic carbocycles. The first-order valence-corrected chi connectivity index (χ1v) is 5.17. The highest BCUT2D eigenvalue weighted by Crippen LogP contribution is 2.63. The third-order valence-corrected chi connectivity index (χ3v) is 4.62. The lowest BCUT2D eigenvalue weighted by atomic mass is 9.89. The Bertz CT molecular complexity index is 213. The third-order valence-electron chi connectivity index (χ3n) is 4.62. The molecule has 0 spiro atoms. The molecule has 11 heavy (non-hydrogen) atoms. The minimum absolute atomic E-state index is 0.976. The van der Waals surface area contributed by atoms with Crippen molar-refractivity contribution in [2.24, 2.45) is 29.6 Å². The second-order valence-electron chi connectivity index (χ2n) is 5.15. The maximum absolute atomic E-state index is 3.76. The van der Waals surface area contributed by atoms with Gasteiger partial charge in [-0.3, -0.25) is 0 Å². The highest BCUT2D eigenvalue weighted by molar-refractivity contribution is 5.13. The average molecular weight is 149 g/mol. The van der Waals surface area contributed by atoms with Crippen molar-refractivity contribution in [2.75, 3.05) is 6.54 Å². The first-order chi connectivity index (χ1) is 5.43. The first kappa shape index (κ1) is 5.58. The Morgan fingerprint density at radius 2 is 1.64 bits per heavy atom. The molecule has 1 saturated heterocycles. The normalized spacial score (nSPS) is 69.8. The van der Waals surface area contributed by atoms with Crippen LogP contribution >= 0.6 is 0 Å². The van der Waals surface area contributed by atoms with Gasteiger partial charge in [-0.05, 0) is 55.4 Å². The summed E-state index contributed by atoms with van der Waals surface area (Å²) in [4.78, 5) is 0. The van der Waals surface area contributed by atoms with Gasteiger partial charge in [0.1, 0.15) is 0 Å². The fourth-order valence-corrected chi connectivity index (χ4v) is 3.86. The van der Waals surface area contributed by atoms with Crippen LogP contribution in [0.25, 0.3) is 0 Å². The van der Waals surface area contributed by atoms with Crippen LogP contribution in [0.3, 0.4) is 0 Å². The van der Waals surface area contributed by atoms with Crippen molar-refractivity contribution < 1.29 is 0 Å². The highest BCUT2D eigenvalue weighted by Gasteiger charge is 2.61. The Hall–Kier alpha value is -0.0400. The van der Waals surface area contributed by atoms with Crippen molar-refractivity contribution in [1.29, 1.82) is 0 Å². The summed E-state index contributed by atoms with van der Waals surface area (Å²) < 4.78 is 0. The zero-order valence-electron chi connectivity index (χ0n) is 6.79. The molecule has 4 fully saturated rings. The molecule has 4 rings (SSSR count). The van der Waals surface area contributed by atoms with Gasteiger partial charge in [0, 0.05) is 6.04 Å². The summed E-state index contributed by atoms with van der Waals surface area (Å²) in [5.41, 5.74) is 0. The molecule has 1 aliphatic heterocycles. The monoisotopic (exact) mass is 149 g/mol. The lowest BCUT2D eigenvalue weighted by Crippen LogP contribution is -2.41. The number of hydrogen-bond donors (Lipinski definition) is 1. The van der Waals surface area contributed by atoms with Gasteiger partial charge in [0.05, 0.1) is 0 Å². The van der Waals surface area contributed by atoms with Crippen molar-refractivity contribution in [3.8, 4) is 0 Å². The van der Waals surface area contributed by atoms with Gasteiger partial charge in [0.15, 0.2) is 0 Å². The van der Waals surface area contributed by atoms with Gasteiger partial charge < -0.3 is 5.32 Å². The number of hydrogen-bond acceptors (Lipinski definition) is 1. The van der Waals surface area contributed by atoms with Gasteiger partial charge in [-0.15, -0.1) is 0 Å². The van der Waals surface area contributed by atoms with E-state index in [1.54, 1.807) is 19.3 Å². The van der Waals surface area contributed by atoms with Crippen molar-refractivity contribution in [2.45, 2.75) is 25.3 Å². The molecule has 60 valence electrons. The van der Waals surface area contributed by atoms with Crippen molar-refractivity contribution in [3.05, 3.63) is 0 Å². The Morgan fingerprint density at radius 3 is 2.64 bits per heavy atom. The van der Waals surface area contributed by atoms with Crippen LogP contribution in [0.1, 0.15) is 19.3 Å². The van der Waals surface area contributed by atoms with Crippen LogP contribution in [-0.4, -0.2) is 12.6 Å². The van der Waals surface area contributed by atoms with Crippen LogP contribution < -0.4 is 5.32 Å². The van der Waals surface area contributed by atoms with Crippen LogP contribution in [0.4, 0.5) is 0 Å². The second kappa shape index (κ2) is 1.52. The van der Waals surface area contributed by atoms with E-state index in [0.717, 1.165) is 29.7 Å². The lowest BCUT2D eigenvalue weighted by Gasteiger charge is -2.28. The third kappa shape index (κ3) is 0.581. The quantitative estimate of drug-likeness (QED) is 0.546. The molecule has 0 aromatic rings. The van der Waals surface area contributed by atoms with E-state index in [-0.39, 0.29) is 0 Å². The van der Waals surface area contributed by atoms with E-state index >= 15 is 0 Å². The van der Waals surface area contributed by atoms with E-state index in [1.165, 1.54) is 12.5 Å². The van der Waals surface area contributed by atoms with Gasteiger partial charge in [-0.25, -0.2) is 0 Å². The van der Waals surface area contributed by atoms with E-state index in [2.05, 4.69) is 5.32 Å². The first-order valence-electron chi connectivity index (χ1n) is 5.17. The molecule has 0 amide bonds. The SMILES string of the molecule is C1NC2C3CC3CC2C2CC12. The van der Waals surface area contributed by atoms with Crippen molar-refractivity contribution >= 4 is 0 Å². The molecule has 6 unspecified atom stereocenters. The average Bonchev–Trinajstić information content (AvgIpc) is 2.88. The zero-order valence-corrected chi connectivity index (χ0v) is 6.79. The number of fused-ring (bicyclic) bond motifs is 5. The number of rotatable bonds is 0. The van der Waals surface area contributed by atoms with Gasteiger partial charge in [-0.1, -0.05) is 0 Å². The zero-order chi connectivity index (χ0) is 7.00. The molecule has 0 aromatic heterocycles. The van der Waals surface area contributed by atoms with Gasteiger partial charge in [-0.2, -0.15) is 0 Å². The van der Waals surface area contributed by atoms with Crippen LogP contribution in [0.2, 0.25) is 0 Å². The summed E-state index contributed by atoms with van der Waals surface area (Å²) in [7, 11) is 0. The van der Waals surface area contributed by atoms with E-state index in [1.807, 2.05) is 0 Å².